The number of H-pyrrole nitrogens is 1. The molecule has 2 aromatic carbocycles. The van der Waals surface area contributed by atoms with Gasteiger partial charge in [0.05, 0.1) is 5.41 Å². The van der Waals surface area contributed by atoms with Crippen molar-refractivity contribution in [2.75, 3.05) is 5.32 Å². The lowest BCUT2D eigenvalue weighted by Gasteiger charge is -2.16. The van der Waals surface area contributed by atoms with E-state index in [1.807, 2.05) is 43.3 Å². The number of hydrogen-bond donors (Lipinski definition) is 2. The molecule has 0 bridgehead atoms. The molecule has 0 atom stereocenters. The number of aryl methyl sites for hydroxylation is 2. The van der Waals surface area contributed by atoms with Crippen LogP contribution in [0.25, 0.3) is 10.9 Å². The minimum Gasteiger partial charge on any atom is -0.358 e. The van der Waals surface area contributed by atoms with Crippen LogP contribution in [0.5, 0.6) is 0 Å². The second-order valence-electron chi connectivity index (χ2n) is 6.58. The summed E-state index contributed by atoms with van der Waals surface area (Å²) in [5, 5.41) is 4.28. The van der Waals surface area contributed by atoms with Crippen LogP contribution in [-0.4, -0.2) is 10.9 Å². The molecule has 1 aromatic heterocycles. The number of hydrogen-bond acceptors (Lipinski definition) is 1. The van der Waals surface area contributed by atoms with Crippen molar-refractivity contribution < 1.29 is 4.79 Å². The lowest BCUT2D eigenvalue weighted by Crippen LogP contribution is -2.28. The van der Waals surface area contributed by atoms with E-state index < -0.39 is 0 Å². The molecule has 0 aliphatic heterocycles. The molecular formula is C20H20N2O. The fourth-order valence-electron chi connectivity index (χ4n) is 3.58. The third-order valence-corrected chi connectivity index (χ3v) is 4.83. The monoisotopic (exact) mass is 304 g/mol. The summed E-state index contributed by atoms with van der Waals surface area (Å²) in [4.78, 5) is 16.4. The molecule has 1 amide bonds. The summed E-state index contributed by atoms with van der Waals surface area (Å²) in [7, 11) is 0. The lowest BCUT2D eigenvalue weighted by molar-refractivity contribution is -0.118. The SMILES string of the molecule is Cc1cccc(NC(=O)C2(c3c(C)[nH]c4ccccc34)CC2)c1. The maximum Gasteiger partial charge on any atom is 0.235 e. The highest BCUT2D eigenvalue weighted by molar-refractivity contribution is 6.05. The van der Waals surface area contributed by atoms with E-state index in [0.29, 0.717) is 0 Å². The van der Waals surface area contributed by atoms with Crippen LogP contribution in [0, 0.1) is 13.8 Å². The first kappa shape index (κ1) is 14.1. The predicted octanol–water partition coefficient (Wildman–Crippen LogP) is 4.46. The van der Waals surface area contributed by atoms with Gasteiger partial charge in [-0.25, -0.2) is 0 Å². The van der Waals surface area contributed by atoms with Crippen molar-refractivity contribution in [1.29, 1.82) is 0 Å². The summed E-state index contributed by atoms with van der Waals surface area (Å²) in [6.45, 7) is 4.10. The molecule has 0 saturated heterocycles. The van der Waals surface area contributed by atoms with Gasteiger partial charge in [-0.05, 0) is 56.0 Å². The van der Waals surface area contributed by atoms with Crippen LogP contribution in [0.1, 0.15) is 29.7 Å². The van der Waals surface area contributed by atoms with Crippen molar-refractivity contribution in [1.82, 2.24) is 4.98 Å². The summed E-state index contributed by atoms with van der Waals surface area (Å²) < 4.78 is 0. The molecule has 3 heteroatoms. The molecule has 116 valence electrons. The number of para-hydroxylation sites is 1. The third kappa shape index (κ3) is 2.24. The van der Waals surface area contributed by atoms with Gasteiger partial charge in [-0.2, -0.15) is 0 Å². The van der Waals surface area contributed by atoms with Crippen LogP contribution in [0.2, 0.25) is 0 Å². The average molecular weight is 304 g/mol. The molecule has 2 N–H and O–H groups in total. The van der Waals surface area contributed by atoms with E-state index in [9.17, 15) is 4.79 Å². The number of benzene rings is 2. The van der Waals surface area contributed by atoms with E-state index in [1.165, 1.54) is 10.9 Å². The Balaban J connectivity index is 1.72. The summed E-state index contributed by atoms with van der Waals surface area (Å²) >= 11 is 0. The van der Waals surface area contributed by atoms with Gasteiger partial charge in [0.25, 0.3) is 0 Å². The fourth-order valence-corrected chi connectivity index (χ4v) is 3.58. The van der Waals surface area contributed by atoms with E-state index in [4.69, 9.17) is 0 Å². The highest BCUT2D eigenvalue weighted by Crippen LogP contribution is 2.52. The number of aromatic nitrogens is 1. The average Bonchev–Trinajstić information content (AvgIpc) is 3.24. The second-order valence-corrected chi connectivity index (χ2v) is 6.58. The quantitative estimate of drug-likeness (QED) is 0.737. The number of amides is 1. The zero-order valence-corrected chi connectivity index (χ0v) is 13.4. The van der Waals surface area contributed by atoms with Crippen molar-refractivity contribution in [3.63, 3.8) is 0 Å². The van der Waals surface area contributed by atoms with Gasteiger partial charge < -0.3 is 10.3 Å². The van der Waals surface area contributed by atoms with Gasteiger partial charge in [0, 0.05) is 22.3 Å². The Morgan fingerprint density at radius 2 is 1.87 bits per heavy atom. The van der Waals surface area contributed by atoms with Crippen LogP contribution in [0.3, 0.4) is 0 Å². The largest absolute Gasteiger partial charge is 0.358 e. The molecular weight excluding hydrogens is 284 g/mol. The Hall–Kier alpha value is -2.55. The van der Waals surface area contributed by atoms with E-state index in [-0.39, 0.29) is 11.3 Å². The summed E-state index contributed by atoms with van der Waals surface area (Å²) in [6.07, 6.45) is 1.82. The fraction of sp³-hybridized carbons (Fsp3) is 0.250. The highest BCUT2D eigenvalue weighted by Gasteiger charge is 2.53. The van der Waals surface area contributed by atoms with Crippen molar-refractivity contribution in [3.05, 3.63) is 65.4 Å². The molecule has 0 radical (unpaired) electrons. The zero-order valence-electron chi connectivity index (χ0n) is 13.4. The van der Waals surface area contributed by atoms with E-state index >= 15 is 0 Å². The summed E-state index contributed by atoms with van der Waals surface area (Å²) in [5.41, 5.74) is 5.01. The smallest absolute Gasteiger partial charge is 0.235 e. The second kappa shape index (κ2) is 4.98. The first-order valence-electron chi connectivity index (χ1n) is 8.06. The summed E-state index contributed by atoms with van der Waals surface area (Å²) in [5.74, 6) is 0.107. The maximum absolute atomic E-state index is 13.0. The summed E-state index contributed by atoms with van der Waals surface area (Å²) in [6, 6.07) is 16.2. The van der Waals surface area contributed by atoms with Crippen LogP contribution in [0.15, 0.2) is 48.5 Å². The lowest BCUT2D eigenvalue weighted by atomic mass is 9.92. The predicted molar refractivity (Wildman–Crippen MR) is 93.8 cm³/mol. The molecule has 3 nitrogen and oxygen atoms in total. The number of anilines is 1. The Bertz CT molecular complexity index is 903. The van der Waals surface area contributed by atoms with Crippen LogP contribution in [-0.2, 0) is 10.2 Å². The van der Waals surface area contributed by atoms with Crippen molar-refractivity contribution in [3.8, 4) is 0 Å². The Morgan fingerprint density at radius 3 is 2.61 bits per heavy atom. The molecule has 4 rings (SSSR count). The number of carbonyl (C=O) groups excluding carboxylic acids is 1. The minimum atomic E-state index is -0.382. The van der Waals surface area contributed by atoms with Gasteiger partial charge in [-0.3, -0.25) is 4.79 Å². The zero-order chi connectivity index (χ0) is 16.0. The first-order valence-corrected chi connectivity index (χ1v) is 8.06. The molecule has 1 saturated carbocycles. The topological polar surface area (TPSA) is 44.9 Å². The normalized spacial score (nSPS) is 15.6. The number of aromatic amines is 1. The number of nitrogens with one attached hydrogen (secondary N) is 2. The number of carbonyl (C=O) groups is 1. The van der Waals surface area contributed by atoms with E-state index in [2.05, 4.69) is 29.4 Å². The Morgan fingerprint density at radius 1 is 1.09 bits per heavy atom. The molecule has 1 aliphatic carbocycles. The molecule has 1 fully saturated rings. The van der Waals surface area contributed by atoms with Gasteiger partial charge in [0.2, 0.25) is 5.91 Å². The molecule has 3 aromatic rings. The first-order chi connectivity index (χ1) is 11.1. The van der Waals surface area contributed by atoms with E-state index in [1.54, 1.807) is 0 Å². The van der Waals surface area contributed by atoms with Gasteiger partial charge in [-0.15, -0.1) is 0 Å². The number of rotatable bonds is 3. The standard InChI is InChI=1S/C20H20N2O/c1-13-6-5-7-15(12-13)22-19(23)20(10-11-20)18-14(2)21-17-9-4-3-8-16(17)18/h3-9,12,21H,10-11H2,1-2H3,(H,22,23). The van der Waals surface area contributed by atoms with Gasteiger partial charge >= 0.3 is 0 Å². The van der Waals surface area contributed by atoms with Gasteiger partial charge in [0.1, 0.15) is 0 Å². The Labute approximate surface area is 135 Å². The van der Waals surface area contributed by atoms with Crippen LogP contribution >= 0.6 is 0 Å². The molecule has 0 unspecified atom stereocenters. The van der Waals surface area contributed by atoms with Crippen molar-refractivity contribution in [2.45, 2.75) is 32.1 Å². The van der Waals surface area contributed by atoms with Crippen molar-refractivity contribution >= 4 is 22.5 Å². The minimum absolute atomic E-state index is 0.107. The third-order valence-electron chi connectivity index (χ3n) is 4.83. The van der Waals surface area contributed by atoms with Crippen LogP contribution in [0.4, 0.5) is 5.69 Å². The molecule has 23 heavy (non-hydrogen) atoms. The van der Waals surface area contributed by atoms with Gasteiger partial charge in [0.15, 0.2) is 0 Å². The van der Waals surface area contributed by atoms with Gasteiger partial charge in [-0.1, -0.05) is 30.3 Å². The number of fused-ring (bicyclic) bond motifs is 1. The van der Waals surface area contributed by atoms with Crippen molar-refractivity contribution in [2.24, 2.45) is 0 Å². The molecule has 0 spiro atoms. The molecule has 1 aliphatic rings. The highest BCUT2D eigenvalue weighted by atomic mass is 16.2. The van der Waals surface area contributed by atoms with Crippen LogP contribution < -0.4 is 5.32 Å². The maximum atomic E-state index is 13.0. The Kier molecular flexibility index (Phi) is 3.05. The van der Waals surface area contributed by atoms with E-state index in [0.717, 1.165) is 35.3 Å². The molecule has 1 heterocycles.